The van der Waals surface area contributed by atoms with Gasteiger partial charge < -0.3 is 20.1 Å². The second-order valence-electron chi connectivity index (χ2n) is 6.15. The van der Waals surface area contributed by atoms with Crippen LogP contribution in [0.5, 0.6) is 0 Å². The van der Waals surface area contributed by atoms with Crippen LogP contribution in [0.3, 0.4) is 0 Å². The maximum absolute atomic E-state index is 6.37. The second-order valence-corrected chi connectivity index (χ2v) is 6.15. The molecule has 2 aliphatic heterocycles. The molecule has 4 nitrogen and oxygen atoms in total. The minimum atomic E-state index is 0.0803. The summed E-state index contributed by atoms with van der Waals surface area (Å²) < 4.78 is 11.5. The first kappa shape index (κ1) is 14.3. The Morgan fingerprint density at radius 3 is 2.67 bits per heavy atom. The largest absolute Gasteiger partial charge is 0.381 e. The summed E-state index contributed by atoms with van der Waals surface area (Å²) in [5.74, 6) is 0.622. The smallest absolute Gasteiger partial charge is 0.0729 e. The maximum Gasteiger partial charge on any atom is 0.0729 e. The van der Waals surface area contributed by atoms with Crippen molar-refractivity contribution in [3.8, 4) is 0 Å². The third kappa shape index (κ3) is 3.67. The van der Waals surface area contributed by atoms with Crippen LogP contribution in [0.15, 0.2) is 0 Å². The van der Waals surface area contributed by atoms with Crippen molar-refractivity contribution in [2.24, 2.45) is 11.7 Å². The summed E-state index contributed by atoms with van der Waals surface area (Å²) in [6.45, 7) is 3.65. The quantitative estimate of drug-likeness (QED) is 0.822. The summed E-state index contributed by atoms with van der Waals surface area (Å²) in [6, 6.07) is 0.316. The van der Waals surface area contributed by atoms with Gasteiger partial charge in [-0.15, -0.1) is 0 Å². The zero-order valence-electron chi connectivity index (χ0n) is 11.9. The lowest BCUT2D eigenvalue weighted by Gasteiger charge is -2.44. The molecule has 2 atom stereocenters. The van der Waals surface area contributed by atoms with Crippen LogP contribution in [0.2, 0.25) is 0 Å². The molecule has 106 valence electrons. The van der Waals surface area contributed by atoms with E-state index in [9.17, 15) is 0 Å². The van der Waals surface area contributed by atoms with E-state index < -0.39 is 0 Å². The number of ether oxygens (including phenoxy) is 2. The van der Waals surface area contributed by atoms with Gasteiger partial charge in [-0.25, -0.2) is 0 Å². The Morgan fingerprint density at radius 2 is 2.00 bits per heavy atom. The van der Waals surface area contributed by atoms with Gasteiger partial charge in [0.25, 0.3) is 0 Å². The van der Waals surface area contributed by atoms with Crippen LogP contribution in [0.1, 0.15) is 32.1 Å². The van der Waals surface area contributed by atoms with Crippen LogP contribution < -0.4 is 5.73 Å². The summed E-state index contributed by atoms with van der Waals surface area (Å²) in [5, 5.41) is 0. The summed E-state index contributed by atoms with van der Waals surface area (Å²) in [6.07, 6.45) is 5.43. The lowest BCUT2D eigenvalue weighted by atomic mass is 9.77. The van der Waals surface area contributed by atoms with Gasteiger partial charge in [0.15, 0.2) is 0 Å². The standard InChI is InChI=1S/C14H28N2O2/c1-16(2)7-3-13(15)12-4-8-18-14(11-12)5-9-17-10-6-14/h12-13H,3-11,15H2,1-2H3. The highest BCUT2D eigenvalue weighted by Gasteiger charge is 2.40. The van der Waals surface area contributed by atoms with Crippen LogP contribution in [0.25, 0.3) is 0 Å². The van der Waals surface area contributed by atoms with E-state index in [1.54, 1.807) is 0 Å². The molecule has 0 radical (unpaired) electrons. The molecule has 0 bridgehead atoms. The molecule has 2 N–H and O–H groups in total. The van der Waals surface area contributed by atoms with Crippen molar-refractivity contribution in [1.82, 2.24) is 4.90 Å². The lowest BCUT2D eigenvalue weighted by Crippen LogP contribution is -2.48. The maximum atomic E-state index is 6.37. The Balaban J connectivity index is 1.85. The first-order chi connectivity index (χ1) is 8.61. The molecule has 2 aliphatic rings. The van der Waals surface area contributed by atoms with E-state index in [0.717, 1.165) is 58.5 Å². The summed E-state index contributed by atoms with van der Waals surface area (Å²) in [4.78, 5) is 2.21. The molecule has 4 heteroatoms. The third-order valence-corrected chi connectivity index (χ3v) is 4.45. The highest BCUT2D eigenvalue weighted by Crippen LogP contribution is 2.38. The zero-order valence-corrected chi connectivity index (χ0v) is 11.9. The fourth-order valence-electron chi connectivity index (χ4n) is 3.17. The van der Waals surface area contributed by atoms with Crippen molar-refractivity contribution < 1.29 is 9.47 Å². The molecule has 18 heavy (non-hydrogen) atoms. The monoisotopic (exact) mass is 256 g/mol. The van der Waals surface area contributed by atoms with Gasteiger partial charge in [-0.2, -0.15) is 0 Å². The molecule has 2 heterocycles. The van der Waals surface area contributed by atoms with E-state index in [2.05, 4.69) is 19.0 Å². The van der Waals surface area contributed by atoms with Crippen molar-refractivity contribution in [3.05, 3.63) is 0 Å². The molecule has 0 aromatic heterocycles. The fraction of sp³-hybridized carbons (Fsp3) is 1.00. The number of hydrogen-bond donors (Lipinski definition) is 1. The van der Waals surface area contributed by atoms with E-state index in [0.29, 0.717) is 12.0 Å². The first-order valence-corrected chi connectivity index (χ1v) is 7.23. The van der Waals surface area contributed by atoms with Crippen LogP contribution in [0.4, 0.5) is 0 Å². The van der Waals surface area contributed by atoms with Crippen molar-refractivity contribution in [2.45, 2.75) is 43.7 Å². The van der Waals surface area contributed by atoms with Crippen LogP contribution >= 0.6 is 0 Å². The molecule has 0 amide bonds. The molecule has 0 saturated carbocycles. The van der Waals surface area contributed by atoms with Gasteiger partial charge in [-0.05, 0) is 58.7 Å². The Hall–Kier alpha value is -0.160. The van der Waals surface area contributed by atoms with Gasteiger partial charge in [0.1, 0.15) is 0 Å². The van der Waals surface area contributed by atoms with Gasteiger partial charge in [-0.1, -0.05) is 0 Å². The molecule has 2 saturated heterocycles. The summed E-state index contributed by atoms with van der Waals surface area (Å²) in [5.41, 5.74) is 6.45. The fourth-order valence-corrected chi connectivity index (χ4v) is 3.17. The van der Waals surface area contributed by atoms with Crippen LogP contribution in [-0.2, 0) is 9.47 Å². The Kier molecular flexibility index (Phi) is 5.01. The number of hydrogen-bond acceptors (Lipinski definition) is 4. The molecule has 2 fully saturated rings. The lowest BCUT2D eigenvalue weighted by molar-refractivity contribution is -0.149. The Bertz CT molecular complexity index is 247. The molecule has 1 spiro atoms. The molecular formula is C14H28N2O2. The Labute approximate surface area is 111 Å². The number of nitrogens with zero attached hydrogens (tertiary/aromatic N) is 1. The molecule has 0 aliphatic carbocycles. The van der Waals surface area contributed by atoms with E-state index in [1.807, 2.05) is 0 Å². The van der Waals surface area contributed by atoms with Gasteiger partial charge in [0.05, 0.1) is 5.60 Å². The van der Waals surface area contributed by atoms with Gasteiger partial charge in [-0.3, -0.25) is 0 Å². The molecule has 2 unspecified atom stereocenters. The molecule has 0 aromatic rings. The molecule has 0 aromatic carbocycles. The minimum Gasteiger partial charge on any atom is -0.381 e. The van der Waals surface area contributed by atoms with Crippen molar-refractivity contribution in [2.75, 3.05) is 40.5 Å². The average Bonchev–Trinajstić information content (AvgIpc) is 2.37. The summed E-state index contributed by atoms with van der Waals surface area (Å²) in [7, 11) is 4.22. The van der Waals surface area contributed by atoms with E-state index in [-0.39, 0.29) is 5.60 Å². The average molecular weight is 256 g/mol. The van der Waals surface area contributed by atoms with Crippen molar-refractivity contribution in [3.63, 3.8) is 0 Å². The summed E-state index contributed by atoms with van der Waals surface area (Å²) >= 11 is 0. The normalized spacial score (nSPS) is 29.7. The second kappa shape index (κ2) is 6.33. The first-order valence-electron chi connectivity index (χ1n) is 7.23. The predicted molar refractivity (Wildman–Crippen MR) is 72.6 cm³/mol. The third-order valence-electron chi connectivity index (χ3n) is 4.45. The topological polar surface area (TPSA) is 47.7 Å². The highest BCUT2D eigenvalue weighted by atomic mass is 16.5. The van der Waals surface area contributed by atoms with Crippen molar-refractivity contribution in [1.29, 1.82) is 0 Å². The van der Waals surface area contributed by atoms with E-state index >= 15 is 0 Å². The number of nitrogens with two attached hydrogens (primary N) is 1. The van der Waals surface area contributed by atoms with Crippen LogP contribution in [0, 0.1) is 5.92 Å². The zero-order chi connectivity index (χ0) is 13.0. The predicted octanol–water partition coefficient (Wildman–Crippen LogP) is 1.24. The number of rotatable bonds is 4. The van der Waals surface area contributed by atoms with Gasteiger partial charge in [0.2, 0.25) is 0 Å². The van der Waals surface area contributed by atoms with Crippen LogP contribution in [-0.4, -0.2) is 57.0 Å². The van der Waals surface area contributed by atoms with Crippen molar-refractivity contribution >= 4 is 0 Å². The molecule has 2 rings (SSSR count). The minimum absolute atomic E-state index is 0.0803. The Morgan fingerprint density at radius 1 is 1.28 bits per heavy atom. The van der Waals surface area contributed by atoms with Gasteiger partial charge in [0, 0.05) is 25.9 Å². The molecular weight excluding hydrogens is 228 g/mol. The van der Waals surface area contributed by atoms with E-state index in [1.165, 1.54) is 0 Å². The van der Waals surface area contributed by atoms with Gasteiger partial charge >= 0.3 is 0 Å². The van der Waals surface area contributed by atoms with E-state index in [4.69, 9.17) is 15.2 Å². The highest BCUT2D eigenvalue weighted by molar-refractivity contribution is 4.92. The SMILES string of the molecule is CN(C)CCC(N)C1CCOC2(CCOCC2)C1.